The largest absolute Gasteiger partial charge is 0.368 e. The molecule has 0 saturated heterocycles. The van der Waals surface area contributed by atoms with E-state index in [9.17, 15) is 4.79 Å². The van der Waals surface area contributed by atoms with Gasteiger partial charge in [0, 0.05) is 12.4 Å². The standard InChI is InChI=1S/C10H16N2O/c1-8(2)10(3,9(11)13)12-6-4-5-7-12/h4-8H,1-3H3,(H2,11,13). The van der Waals surface area contributed by atoms with E-state index in [-0.39, 0.29) is 11.8 Å². The molecular weight excluding hydrogens is 164 g/mol. The van der Waals surface area contributed by atoms with Gasteiger partial charge in [0.1, 0.15) is 5.54 Å². The Kier molecular flexibility index (Phi) is 2.45. The van der Waals surface area contributed by atoms with Gasteiger partial charge in [-0.2, -0.15) is 0 Å². The number of amides is 1. The maximum absolute atomic E-state index is 11.4. The van der Waals surface area contributed by atoms with Crippen molar-refractivity contribution in [1.29, 1.82) is 0 Å². The van der Waals surface area contributed by atoms with Crippen LogP contribution in [0.15, 0.2) is 24.5 Å². The van der Waals surface area contributed by atoms with Gasteiger partial charge in [-0.15, -0.1) is 0 Å². The quantitative estimate of drug-likeness (QED) is 0.749. The smallest absolute Gasteiger partial charge is 0.243 e. The van der Waals surface area contributed by atoms with Crippen molar-refractivity contribution in [3.8, 4) is 0 Å². The second kappa shape index (κ2) is 3.24. The summed E-state index contributed by atoms with van der Waals surface area (Å²) in [4.78, 5) is 11.4. The normalized spacial score (nSPS) is 15.7. The summed E-state index contributed by atoms with van der Waals surface area (Å²) in [5.41, 5.74) is 4.78. The van der Waals surface area contributed by atoms with E-state index in [1.54, 1.807) is 0 Å². The van der Waals surface area contributed by atoms with Crippen molar-refractivity contribution < 1.29 is 4.79 Å². The summed E-state index contributed by atoms with van der Waals surface area (Å²) in [6.07, 6.45) is 3.73. The lowest BCUT2D eigenvalue weighted by molar-refractivity contribution is -0.127. The molecule has 0 bridgehead atoms. The molecule has 2 N–H and O–H groups in total. The lowest BCUT2D eigenvalue weighted by Crippen LogP contribution is -2.47. The minimum absolute atomic E-state index is 0.178. The van der Waals surface area contributed by atoms with E-state index in [4.69, 9.17) is 5.73 Å². The molecule has 0 aliphatic carbocycles. The van der Waals surface area contributed by atoms with Crippen LogP contribution < -0.4 is 5.73 Å². The van der Waals surface area contributed by atoms with Crippen LogP contribution in [0.1, 0.15) is 20.8 Å². The van der Waals surface area contributed by atoms with Crippen LogP contribution in [0.4, 0.5) is 0 Å². The summed E-state index contributed by atoms with van der Waals surface area (Å²) < 4.78 is 1.86. The van der Waals surface area contributed by atoms with Crippen LogP contribution in [0.2, 0.25) is 0 Å². The Balaban J connectivity index is 3.13. The first-order chi connectivity index (χ1) is 5.99. The van der Waals surface area contributed by atoms with Crippen LogP contribution in [-0.4, -0.2) is 10.5 Å². The van der Waals surface area contributed by atoms with E-state index in [2.05, 4.69) is 0 Å². The number of aromatic nitrogens is 1. The Morgan fingerprint density at radius 1 is 1.38 bits per heavy atom. The summed E-state index contributed by atoms with van der Waals surface area (Å²) in [6, 6.07) is 3.78. The van der Waals surface area contributed by atoms with Gasteiger partial charge in [0.15, 0.2) is 0 Å². The van der Waals surface area contributed by atoms with Crippen LogP contribution in [0.25, 0.3) is 0 Å². The number of hydrogen-bond donors (Lipinski definition) is 1. The molecule has 1 aromatic rings. The average molecular weight is 180 g/mol. The van der Waals surface area contributed by atoms with E-state index in [1.165, 1.54) is 0 Å². The molecule has 0 spiro atoms. The first-order valence-corrected chi connectivity index (χ1v) is 4.43. The number of hydrogen-bond acceptors (Lipinski definition) is 1. The summed E-state index contributed by atoms with van der Waals surface area (Å²) in [5, 5.41) is 0. The third-order valence-electron chi connectivity index (χ3n) is 2.76. The van der Waals surface area contributed by atoms with Crippen molar-refractivity contribution in [2.24, 2.45) is 11.7 Å². The minimum Gasteiger partial charge on any atom is -0.368 e. The first kappa shape index (κ1) is 9.84. The molecule has 0 fully saturated rings. The van der Waals surface area contributed by atoms with Gasteiger partial charge in [-0.05, 0) is 25.0 Å². The van der Waals surface area contributed by atoms with Gasteiger partial charge < -0.3 is 10.3 Å². The second-order valence-corrected chi connectivity index (χ2v) is 3.76. The highest BCUT2D eigenvalue weighted by Gasteiger charge is 2.35. The molecule has 0 aliphatic rings. The molecule has 72 valence electrons. The lowest BCUT2D eigenvalue weighted by atomic mass is 9.87. The van der Waals surface area contributed by atoms with Crippen molar-refractivity contribution >= 4 is 5.91 Å². The molecule has 0 radical (unpaired) electrons. The molecule has 0 aliphatic heterocycles. The molecular formula is C10H16N2O. The van der Waals surface area contributed by atoms with Crippen LogP contribution in [0.5, 0.6) is 0 Å². The Morgan fingerprint density at radius 3 is 2.15 bits per heavy atom. The van der Waals surface area contributed by atoms with Crippen LogP contribution in [0, 0.1) is 5.92 Å². The summed E-state index contributed by atoms with van der Waals surface area (Å²) in [5.74, 6) is -0.115. The van der Waals surface area contributed by atoms with Gasteiger partial charge in [0.2, 0.25) is 5.91 Å². The van der Waals surface area contributed by atoms with Gasteiger partial charge in [0.05, 0.1) is 0 Å². The molecule has 1 heterocycles. The van der Waals surface area contributed by atoms with Crippen molar-refractivity contribution in [1.82, 2.24) is 4.57 Å². The molecule has 3 nitrogen and oxygen atoms in total. The fourth-order valence-corrected chi connectivity index (χ4v) is 1.35. The highest BCUT2D eigenvalue weighted by molar-refractivity contribution is 5.82. The molecule has 1 unspecified atom stereocenters. The SMILES string of the molecule is CC(C)C(C)(C(N)=O)n1cccc1. The van der Waals surface area contributed by atoms with E-state index in [0.29, 0.717) is 0 Å². The molecule has 0 saturated carbocycles. The zero-order chi connectivity index (χ0) is 10.1. The maximum Gasteiger partial charge on any atom is 0.243 e. The average Bonchev–Trinajstić information content (AvgIpc) is 2.54. The summed E-state index contributed by atoms with van der Waals surface area (Å²) >= 11 is 0. The molecule has 1 atom stereocenters. The molecule has 13 heavy (non-hydrogen) atoms. The molecule has 0 aromatic carbocycles. The highest BCUT2D eigenvalue weighted by atomic mass is 16.1. The number of rotatable bonds is 3. The van der Waals surface area contributed by atoms with Crippen molar-refractivity contribution in [2.75, 3.05) is 0 Å². The fraction of sp³-hybridized carbons (Fsp3) is 0.500. The lowest BCUT2D eigenvalue weighted by Gasteiger charge is -2.32. The van der Waals surface area contributed by atoms with Gasteiger partial charge in [0.25, 0.3) is 0 Å². The van der Waals surface area contributed by atoms with E-state index in [0.717, 1.165) is 0 Å². The number of nitrogens with two attached hydrogens (primary N) is 1. The van der Waals surface area contributed by atoms with Gasteiger partial charge in [-0.25, -0.2) is 0 Å². The van der Waals surface area contributed by atoms with Crippen LogP contribution in [0.3, 0.4) is 0 Å². The zero-order valence-corrected chi connectivity index (χ0v) is 8.32. The first-order valence-electron chi connectivity index (χ1n) is 4.43. The number of nitrogens with zero attached hydrogens (tertiary/aromatic N) is 1. The Labute approximate surface area is 78.5 Å². The Hall–Kier alpha value is -1.25. The molecule has 1 rings (SSSR count). The third-order valence-corrected chi connectivity index (χ3v) is 2.76. The predicted octanol–water partition coefficient (Wildman–Crippen LogP) is 1.34. The van der Waals surface area contributed by atoms with E-state index >= 15 is 0 Å². The fourth-order valence-electron chi connectivity index (χ4n) is 1.35. The second-order valence-electron chi connectivity index (χ2n) is 3.76. The minimum atomic E-state index is -0.622. The Bertz CT molecular complexity index is 290. The molecule has 1 amide bonds. The summed E-state index contributed by atoms with van der Waals surface area (Å²) in [6.45, 7) is 5.84. The maximum atomic E-state index is 11.4. The van der Waals surface area contributed by atoms with Crippen LogP contribution >= 0.6 is 0 Å². The van der Waals surface area contributed by atoms with Crippen molar-refractivity contribution in [3.05, 3.63) is 24.5 Å². The zero-order valence-electron chi connectivity index (χ0n) is 8.32. The van der Waals surface area contributed by atoms with Crippen LogP contribution in [-0.2, 0) is 10.3 Å². The Morgan fingerprint density at radius 2 is 1.85 bits per heavy atom. The monoisotopic (exact) mass is 180 g/mol. The van der Waals surface area contributed by atoms with Crippen molar-refractivity contribution in [2.45, 2.75) is 26.3 Å². The van der Waals surface area contributed by atoms with E-state index < -0.39 is 5.54 Å². The molecule has 3 heteroatoms. The third kappa shape index (κ3) is 1.46. The highest BCUT2D eigenvalue weighted by Crippen LogP contribution is 2.25. The van der Waals surface area contributed by atoms with E-state index in [1.807, 2.05) is 49.9 Å². The van der Waals surface area contributed by atoms with Crippen molar-refractivity contribution in [3.63, 3.8) is 0 Å². The predicted molar refractivity (Wildman–Crippen MR) is 52.1 cm³/mol. The number of carbonyl (C=O) groups excluding carboxylic acids is 1. The topological polar surface area (TPSA) is 48.0 Å². The van der Waals surface area contributed by atoms with Gasteiger partial charge >= 0.3 is 0 Å². The summed E-state index contributed by atoms with van der Waals surface area (Å²) in [7, 11) is 0. The number of carbonyl (C=O) groups is 1. The molecule has 1 aromatic heterocycles. The number of primary amides is 1. The van der Waals surface area contributed by atoms with Gasteiger partial charge in [-0.1, -0.05) is 13.8 Å². The van der Waals surface area contributed by atoms with Gasteiger partial charge in [-0.3, -0.25) is 4.79 Å².